The van der Waals surface area contributed by atoms with Gasteiger partial charge in [0.25, 0.3) is 10.0 Å². The maximum atomic E-state index is 12.4. The first-order valence-corrected chi connectivity index (χ1v) is 9.21. The Morgan fingerprint density at radius 2 is 1.83 bits per heavy atom. The van der Waals surface area contributed by atoms with Gasteiger partial charge in [-0.05, 0) is 49.2 Å². The predicted octanol–water partition coefficient (Wildman–Crippen LogP) is 3.55. The van der Waals surface area contributed by atoms with E-state index in [0.717, 1.165) is 11.1 Å². The number of rotatable bonds is 6. The number of sulfonamides is 1. The molecule has 2 aromatic carbocycles. The molecule has 2 rings (SSSR count). The molecule has 0 amide bonds. The number of carbonyl (C=O) groups excluding carboxylic acids is 1. The summed E-state index contributed by atoms with van der Waals surface area (Å²) in [5.74, 6) is -0.319. The van der Waals surface area contributed by atoms with Crippen molar-refractivity contribution in [2.75, 3.05) is 11.3 Å². The lowest BCUT2D eigenvalue weighted by Gasteiger charge is -2.10. The highest BCUT2D eigenvalue weighted by Crippen LogP contribution is 2.22. The third kappa shape index (κ3) is 4.72. The van der Waals surface area contributed by atoms with Crippen LogP contribution in [0.5, 0.6) is 0 Å². The molecule has 0 unspecified atom stereocenters. The van der Waals surface area contributed by atoms with Crippen LogP contribution in [0, 0.1) is 6.92 Å². The third-order valence-electron chi connectivity index (χ3n) is 3.31. The topological polar surface area (TPSA) is 72.5 Å². The number of aryl methyl sites for hydroxylation is 1. The second-order valence-corrected chi connectivity index (χ2v) is 7.28. The average molecular weight is 368 g/mol. The van der Waals surface area contributed by atoms with Gasteiger partial charge < -0.3 is 4.74 Å². The standard InChI is InChI=1S/C17H18ClNO4S/c1-3-23-17(20)10-13-5-7-14(8-6-13)19-24(21,22)15-9-4-12(2)16(18)11-15/h4-9,11,19H,3,10H2,1-2H3. The molecule has 24 heavy (non-hydrogen) atoms. The van der Waals surface area contributed by atoms with Crippen molar-refractivity contribution < 1.29 is 17.9 Å². The number of halogens is 1. The Balaban J connectivity index is 2.12. The van der Waals surface area contributed by atoms with Gasteiger partial charge in [-0.2, -0.15) is 0 Å². The highest BCUT2D eigenvalue weighted by molar-refractivity contribution is 7.92. The fraction of sp³-hybridized carbons (Fsp3) is 0.235. The van der Waals surface area contributed by atoms with Crippen LogP contribution < -0.4 is 4.72 Å². The van der Waals surface area contributed by atoms with E-state index in [-0.39, 0.29) is 17.3 Å². The minimum absolute atomic E-state index is 0.0914. The predicted molar refractivity (Wildman–Crippen MR) is 93.8 cm³/mol. The molecule has 128 valence electrons. The van der Waals surface area contributed by atoms with Crippen LogP contribution in [-0.2, 0) is 26.0 Å². The normalized spacial score (nSPS) is 11.1. The summed E-state index contributed by atoms with van der Waals surface area (Å²) in [6, 6.07) is 11.1. The van der Waals surface area contributed by atoms with Crippen LogP contribution in [0.4, 0.5) is 5.69 Å². The van der Waals surface area contributed by atoms with Crippen LogP contribution >= 0.6 is 11.6 Å². The van der Waals surface area contributed by atoms with Gasteiger partial charge in [-0.15, -0.1) is 0 Å². The van der Waals surface area contributed by atoms with Gasteiger partial charge in [0.2, 0.25) is 0 Å². The molecule has 7 heteroatoms. The van der Waals surface area contributed by atoms with Crippen LogP contribution in [0.2, 0.25) is 5.02 Å². The molecule has 0 saturated heterocycles. The van der Waals surface area contributed by atoms with E-state index in [9.17, 15) is 13.2 Å². The maximum Gasteiger partial charge on any atom is 0.310 e. The van der Waals surface area contributed by atoms with E-state index in [1.54, 1.807) is 44.2 Å². The van der Waals surface area contributed by atoms with Crippen molar-refractivity contribution in [2.24, 2.45) is 0 Å². The Bertz CT molecular complexity index is 832. The molecule has 0 saturated carbocycles. The highest BCUT2D eigenvalue weighted by atomic mass is 35.5. The molecule has 5 nitrogen and oxygen atoms in total. The van der Waals surface area contributed by atoms with E-state index >= 15 is 0 Å². The van der Waals surface area contributed by atoms with Gasteiger partial charge in [0, 0.05) is 10.7 Å². The van der Waals surface area contributed by atoms with Gasteiger partial charge in [0.15, 0.2) is 0 Å². The largest absolute Gasteiger partial charge is 0.466 e. The lowest BCUT2D eigenvalue weighted by atomic mass is 10.1. The summed E-state index contributed by atoms with van der Waals surface area (Å²) in [6.45, 7) is 3.87. The minimum Gasteiger partial charge on any atom is -0.466 e. The first-order chi connectivity index (χ1) is 11.3. The fourth-order valence-corrected chi connectivity index (χ4v) is 3.35. The van der Waals surface area contributed by atoms with Crippen molar-refractivity contribution in [1.29, 1.82) is 0 Å². The number of hydrogen-bond donors (Lipinski definition) is 1. The van der Waals surface area contributed by atoms with Crippen molar-refractivity contribution in [3.63, 3.8) is 0 Å². The van der Waals surface area contributed by atoms with Crippen LogP contribution in [0.3, 0.4) is 0 Å². The van der Waals surface area contributed by atoms with Gasteiger partial charge in [-0.3, -0.25) is 9.52 Å². The van der Waals surface area contributed by atoms with Crippen LogP contribution in [0.1, 0.15) is 18.1 Å². The zero-order valence-corrected chi connectivity index (χ0v) is 14.9. The monoisotopic (exact) mass is 367 g/mol. The lowest BCUT2D eigenvalue weighted by Crippen LogP contribution is -2.13. The summed E-state index contributed by atoms with van der Waals surface area (Å²) >= 11 is 5.98. The lowest BCUT2D eigenvalue weighted by molar-refractivity contribution is -0.142. The van der Waals surface area contributed by atoms with E-state index in [0.29, 0.717) is 17.3 Å². The van der Waals surface area contributed by atoms with Crippen molar-refractivity contribution in [1.82, 2.24) is 0 Å². The van der Waals surface area contributed by atoms with Crippen LogP contribution in [0.15, 0.2) is 47.4 Å². The summed E-state index contributed by atoms with van der Waals surface area (Å²) in [5.41, 5.74) is 1.95. The maximum absolute atomic E-state index is 12.4. The van der Waals surface area contributed by atoms with Crippen molar-refractivity contribution >= 4 is 33.3 Å². The molecule has 0 fully saturated rings. The second-order valence-electron chi connectivity index (χ2n) is 5.20. The Morgan fingerprint density at radius 3 is 2.42 bits per heavy atom. The minimum atomic E-state index is -3.72. The van der Waals surface area contributed by atoms with Gasteiger partial charge in [0.05, 0.1) is 17.9 Å². The Hall–Kier alpha value is -2.05. The third-order valence-corrected chi connectivity index (χ3v) is 5.10. The SMILES string of the molecule is CCOC(=O)Cc1ccc(NS(=O)(=O)c2ccc(C)c(Cl)c2)cc1. The smallest absolute Gasteiger partial charge is 0.310 e. The molecule has 0 aromatic heterocycles. The molecule has 0 radical (unpaired) electrons. The van der Waals surface area contributed by atoms with Gasteiger partial charge in [-0.25, -0.2) is 8.42 Å². The molecule has 1 N–H and O–H groups in total. The molecular weight excluding hydrogens is 350 g/mol. The highest BCUT2D eigenvalue weighted by Gasteiger charge is 2.15. The summed E-state index contributed by atoms with van der Waals surface area (Å²) in [4.78, 5) is 11.5. The molecule has 0 heterocycles. The zero-order valence-electron chi connectivity index (χ0n) is 13.4. The van der Waals surface area contributed by atoms with Gasteiger partial charge in [0.1, 0.15) is 0 Å². The quantitative estimate of drug-likeness (QED) is 0.792. The number of carbonyl (C=O) groups is 1. The second kappa shape index (κ2) is 7.68. The number of esters is 1. The van der Waals surface area contributed by atoms with Gasteiger partial charge >= 0.3 is 5.97 Å². The first kappa shape index (κ1) is 18.3. The summed E-state index contributed by atoms with van der Waals surface area (Å²) in [6.07, 6.45) is 0.147. The van der Waals surface area contributed by atoms with Gasteiger partial charge in [-0.1, -0.05) is 29.8 Å². The number of hydrogen-bond acceptors (Lipinski definition) is 4. The van der Waals surface area contributed by atoms with E-state index in [4.69, 9.17) is 16.3 Å². The Kier molecular flexibility index (Phi) is 5.85. The zero-order chi connectivity index (χ0) is 17.7. The first-order valence-electron chi connectivity index (χ1n) is 7.35. The average Bonchev–Trinajstić information content (AvgIpc) is 2.52. The van der Waals surface area contributed by atoms with Crippen LogP contribution in [0.25, 0.3) is 0 Å². The van der Waals surface area contributed by atoms with E-state index < -0.39 is 10.0 Å². The molecule has 2 aromatic rings. The fourth-order valence-electron chi connectivity index (χ4n) is 2.02. The Morgan fingerprint density at radius 1 is 1.17 bits per heavy atom. The van der Waals surface area contributed by atoms with Crippen molar-refractivity contribution in [3.8, 4) is 0 Å². The van der Waals surface area contributed by atoms with Crippen molar-refractivity contribution in [2.45, 2.75) is 25.2 Å². The molecule has 0 aliphatic heterocycles. The molecule has 0 aliphatic rings. The summed E-state index contributed by atoms with van der Waals surface area (Å²) in [7, 11) is -3.72. The molecule has 0 spiro atoms. The Labute approximate surface area is 146 Å². The summed E-state index contributed by atoms with van der Waals surface area (Å²) in [5, 5.41) is 0.391. The molecular formula is C17H18ClNO4S. The van der Waals surface area contributed by atoms with Crippen LogP contribution in [-0.4, -0.2) is 21.0 Å². The molecule has 0 bridgehead atoms. The number of anilines is 1. The van der Waals surface area contributed by atoms with E-state index in [1.165, 1.54) is 12.1 Å². The summed E-state index contributed by atoms with van der Waals surface area (Å²) < 4.78 is 32.1. The number of benzene rings is 2. The number of nitrogens with one attached hydrogen (secondary N) is 1. The van der Waals surface area contributed by atoms with Crippen molar-refractivity contribution in [3.05, 3.63) is 58.6 Å². The molecule has 0 atom stereocenters. The number of ether oxygens (including phenoxy) is 1. The van der Waals surface area contributed by atoms with E-state index in [1.807, 2.05) is 0 Å². The molecule has 0 aliphatic carbocycles. The van der Waals surface area contributed by atoms with E-state index in [2.05, 4.69) is 4.72 Å².